The summed E-state index contributed by atoms with van der Waals surface area (Å²) in [6, 6.07) is 12.6. The molecule has 9 nitrogen and oxygen atoms in total. The first-order valence-electron chi connectivity index (χ1n) is 12.8. The Kier molecular flexibility index (Phi) is 7.32. The zero-order valence-corrected chi connectivity index (χ0v) is 21.2. The second-order valence-electron chi connectivity index (χ2n) is 9.97. The van der Waals surface area contributed by atoms with E-state index in [4.69, 9.17) is 14.2 Å². The molecule has 5 rings (SSSR count). The van der Waals surface area contributed by atoms with Crippen molar-refractivity contribution in [2.45, 2.75) is 56.9 Å². The Labute approximate surface area is 216 Å². The minimum atomic E-state index is -0.343. The van der Waals surface area contributed by atoms with Gasteiger partial charge in [-0.3, -0.25) is 14.4 Å². The number of hydrogen-bond donors (Lipinski definition) is 2. The molecule has 2 heterocycles. The van der Waals surface area contributed by atoms with Crippen LogP contribution in [0.15, 0.2) is 42.5 Å². The minimum absolute atomic E-state index is 0.00709. The molecular formula is C28H33N3O6. The standard InChI is InChI=1S/C28H33N3O6/c1-31-23-11-10-21(14-26(32)29-15-17-3-8-20(35-2)9-4-17)37-25(23)16-36-24-12-7-19(13-22(24)28(31)34)30-27(33)18-5-6-18/h3-4,7-9,12-13,18,21,23,25H,5-6,10-11,14-16H2,1-2H3,(H,29,32)(H,30,33)/t21-,23+,25-/m1/s1. The normalized spacial score (nSPS) is 23.0. The maximum atomic E-state index is 13.4. The number of amides is 3. The monoisotopic (exact) mass is 507 g/mol. The van der Waals surface area contributed by atoms with Crippen molar-refractivity contribution < 1.29 is 28.6 Å². The molecule has 3 atom stereocenters. The lowest BCUT2D eigenvalue weighted by atomic mass is 9.94. The van der Waals surface area contributed by atoms with Gasteiger partial charge in [0.2, 0.25) is 11.8 Å². The molecule has 37 heavy (non-hydrogen) atoms. The molecule has 0 spiro atoms. The summed E-state index contributed by atoms with van der Waals surface area (Å²) in [5, 5.41) is 5.85. The summed E-state index contributed by atoms with van der Waals surface area (Å²) >= 11 is 0. The lowest BCUT2D eigenvalue weighted by molar-refractivity contribution is -0.134. The van der Waals surface area contributed by atoms with Crippen molar-refractivity contribution in [3.63, 3.8) is 0 Å². The van der Waals surface area contributed by atoms with Crippen LogP contribution in [0, 0.1) is 5.92 Å². The number of nitrogens with zero attached hydrogens (tertiary/aromatic N) is 1. The van der Waals surface area contributed by atoms with Crippen molar-refractivity contribution >= 4 is 23.4 Å². The van der Waals surface area contributed by atoms with E-state index in [0.717, 1.165) is 24.2 Å². The maximum Gasteiger partial charge on any atom is 0.257 e. The zero-order valence-electron chi connectivity index (χ0n) is 21.2. The lowest BCUT2D eigenvalue weighted by Crippen LogP contribution is -2.53. The van der Waals surface area contributed by atoms with Gasteiger partial charge in [-0.05, 0) is 61.6 Å². The zero-order chi connectivity index (χ0) is 25.9. The van der Waals surface area contributed by atoms with Crippen LogP contribution in [0.5, 0.6) is 11.5 Å². The average Bonchev–Trinajstić information content (AvgIpc) is 3.76. The molecule has 3 aliphatic rings. The fourth-order valence-electron chi connectivity index (χ4n) is 4.92. The summed E-state index contributed by atoms with van der Waals surface area (Å²) in [7, 11) is 3.39. The fraction of sp³-hybridized carbons (Fsp3) is 0.464. The highest BCUT2D eigenvalue weighted by atomic mass is 16.5. The number of benzene rings is 2. The van der Waals surface area contributed by atoms with Crippen LogP contribution in [0.3, 0.4) is 0 Å². The predicted octanol–water partition coefficient (Wildman–Crippen LogP) is 3.13. The molecule has 2 aromatic rings. The highest BCUT2D eigenvalue weighted by molar-refractivity contribution is 6.00. The Morgan fingerprint density at radius 3 is 2.59 bits per heavy atom. The van der Waals surface area contributed by atoms with Crippen molar-refractivity contribution in [1.29, 1.82) is 0 Å². The molecular weight excluding hydrogens is 474 g/mol. The van der Waals surface area contributed by atoms with Crippen LogP contribution in [0.2, 0.25) is 0 Å². The molecule has 2 fully saturated rings. The van der Waals surface area contributed by atoms with E-state index < -0.39 is 0 Å². The van der Waals surface area contributed by atoms with E-state index in [9.17, 15) is 14.4 Å². The average molecular weight is 508 g/mol. The molecule has 0 bridgehead atoms. The van der Waals surface area contributed by atoms with Crippen LogP contribution >= 0.6 is 0 Å². The molecule has 3 amide bonds. The Morgan fingerprint density at radius 1 is 1.08 bits per heavy atom. The minimum Gasteiger partial charge on any atom is -0.497 e. The number of ether oxygens (including phenoxy) is 3. The van der Waals surface area contributed by atoms with Crippen LogP contribution in [0.25, 0.3) is 0 Å². The van der Waals surface area contributed by atoms with Gasteiger partial charge in [-0.25, -0.2) is 0 Å². The van der Waals surface area contributed by atoms with E-state index in [1.54, 1.807) is 37.3 Å². The highest BCUT2D eigenvalue weighted by Gasteiger charge is 2.39. The summed E-state index contributed by atoms with van der Waals surface area (Å²) < 4.78 is 17.5. The van der Waals surface area contributed by atoms with Crippen molar-refractivity contribution in [2.24, 2.45) is 5.92 Å². The smallest absolute Gasteiger partial charge is 0.257 e. The van der Waals surface area contributed by atoms with Crippen molar-refractivity contribution in [1.82, 2.24) is 10.2 Å². The summed E-state index contributed by atoms with van der Waals surface area (Å²) in [4.78, 5) is 39.8. The Balaban J connectivity index is 1.18. The van der Waals surface area contributed by atoms with E-state index in [1.807, 2.05) is 24.3 Å². The van der Waals surface area contributed by atoms with Gasteiger partial charge in [-0.2, -0.15) is 0 Å². The molecule has 0 unspecified atom stereocenters. The summed E-state index contributed by atoms with van der Waals surface area (Å²) in [5.41, 5.74) is 2.01. The molecule has 1 aliphatic carbocycles. The number of nitrogens with one attached hydrogen (secondary N) is 2. The van der Waals surface area contributed by atoms with E-state index in [1.165, 1.54) is 0 Å². The van der Waals surface area contributed by atoms with Crippen LogP contribution < -0.4 is 20.1 Å². The summed E-state index contributed by atoms with van der Waals surface area (Å²) in [5.74, 6) is 1.05. The molecule has 0 aromatic heterocycles. The number of hydrogen-bond acceptors (Lipinski definition) is 6. The summed E-state index contributed by atoms with van der Waals surface area (Å²) in [6.45, 7) is 0.703. The molecule has 2 aromatic carbocycles. The van der Waals surface area contributed by atoms with E-state index in [2.05, 4.69) is 10.6 Å². The molecule has 0 radical (unpaired) electrons. The molecule has 1 saturated heterocycles. The van der Waals surface area contributed by atoms with Crippen molar-refractivity contribution in [2.75, 3.05) is 26.1 Å². The van der Waals surface area contributed by atoms with Crippen molar-refractivity contribution in [3.8, 4) is 11.5 Å². The van der Waals surface area contributed by atoms with Crippen LogP contribution in [0.4, 0.5) is 5.69 Å². The molecule has 1 saturated carbocycles. The first-order valence-corrected chi connectivity index (χ1v) is 12.8. The van der Waals surface area contributed by atoms with Crippen LogP contribution in [0.1, 0.15) is 48.0 Å². The van der Waals surface area contributed by atoms with E-state index >= 15 is 0 Å². The third-order valence-electron chi connectivity index (χ3n) is 7.29. The van der Waals surface area contributed by atoms with Gasteiger partial charge in [0.1, 0.15) is 24.2 Å². The van der Waals surface area contributed by atoms with Gasteiger partial charge in [0, 0.05) is 25.2 Å². The first-order chi connectivity index (χ1) is 17.9. The maximum absolute atomic E-state index is 13.4. The Morgan fingerprint density at radius 2 is 1.86 bits per heavy atom. The van der Waals surface area contributed by atoms with Crippen LogP contribution in [-0.2, 0) is 20.9 Å². The summed E-state index contributed by atoms with van der Waals surface area (Å²) in [6.07, 6.45) is 2.86. The fourth-order valence-corrected chi connectivity index (χ4v) is 4.92. The molecule has 2 aliphatic heterocycles. The highest BCUT2D eigenvalue weighted by Crippen LogP contribution is 2.34. The predicted molar refractivity (Wildman–Crippen MR) is 137 cm³/mol. The second-order valence-corrected chi connectivity index (χ2v) is 9.97. The Hall–Kier alpha value is -3.59. The van der Waals surface area contributed by atoms with Crippen molar-refractivity contribution in [3.05, 3.63) is 53.6 Å². The van der Waals surface area contributed by atoms with Gasteiger partial charge in [0.05, 0.1) is 31.2 Å². The second kappa shape index (κ2) is 10.8. The lowest BCUT2D eigenvalue weighted by Gasteiger charge is -2.42. The van der Waals surface area contributed by atoms with E-state index in [-0.39, 0.29) is 54.9 Å². The molecule has 2 N–H and O–H groups in total. The number of methoxy groups -OCH3 is 1. The van der Waals surface area contributed by atoms with Gasteiger partial charge < -0.3 is 29.7 Å². The Bertz CT molecular complexity index is 1160. The van der Waals surface area contributed by atoms with Gasteiger partial charge >= 0.3 is 0 Å². The number of rotatable bonds is 7. The number of carbonyl (C=O) groups is 3. The number of likely N-dealkylation sites (N-methyl/N-ethyl adjacent to an activating group) is 1. The third kappa shape index (κ3) is 5.88. The van der Waals surface area contributed by atoms with Gasteiger partial charge in [-0.15, -0.1) is 0 Å². The quantitative estimate of drug-likeness (QED) is 0.597. The van der Waals surface area contributed by atoms with Crippen LogP contribution in [-0.4, -0.2) is 61.6 Å². The SMILES string of the molecule is COc1ccc(CNC(=O)C[C@H]2CC[C@H]3[C@@H](COc4ccc(NC(=O)C5CC5)cc4C(=O)N3C)O2)cc1. The topological polar surface area (TPSA) is 106 Å². The number of carbonyl (C=O) groups excluding carboxylic acids is 3. The van der Waals surface area contributed by atoms with E-state index in [0.29, 0.717) is 36.4 Å². The number of fused-ring (bicyclic) bond motifs is 2. The molecule has 196 valence electrons. The largest absolute Gasteiger partial charge is 0.497 e. The van der Waals surface area contributed by atoms with Gasteiger partial charge in [0.25, 0.3) is 5.91 Å². The van der Waals surface area contributed by atoms with Gasteiger partial charge in [0.15, 0.2) is 0 Å². The third-order valence-corrected chi connectivity index (χ3v) is 7.29. The molecule has 9 heteroatoms. The first kappa shape index (κ1) is 25.1. The number of anilines is 1. The van der Waals surface area contributed by atoms with Gasteiger partial charge in [-0.1, -0.05) is 12.1 Å².